The zero-order valence-electron chi connectivity index (χ0n) is 16.1. The van der Waals surface area contributed by atoms with Crippen molar-refractivity contribution in [2.24, 2.45) is 7.05 Å². The summed E-state index contributed by atoms with van der Waals surface area (Å²) in [6.07, 6.45) is 6.64. The first-order chi connectivity index (χ1) is 14.2. The molecular weight excluding hydrogens is 368 g/mol. The number of carbonyl (C=O) groups excluding carboxylic acids is 1. The Hall–Kier alpha value is -3.94. The first kappa shape index (κ1) is 18.4. The van der Waals surface area contributed by atoms with E-state index in [9.17, 15) is 4.79 Å². The lowest BCUT2D eigenvalue weighted by Crippen LogP contribution is -2.31. The van der Waals surface area contributed by atoms with Crippen molar-refractivity contribution in [1.82, 2.24) is 29.6 Å². The topological polar surface area (TPSA) is 86.9 Å². The van der Waals surface area contributed by atoms with E-state index < -0.39 is 6.04 Å². The van der Waals surface area contributed by atoms with Crippen LogP contribution in [0.5, 0.6) is 5.75 Å². The zero-order valence-corrected chi connectivity index (χ0v) is 16.1. The van der Waals surface area contributed by atoms with Gasteiger partial charge in [-0.1, -0.05) is 12.1 Å². The third-order valence-electron chi connectivity index (χ3n) is 4.65. The average Bonchev–Trinajstić information content (AvgIpc) is 3.44. The SMILES string of the molecule is COc1ccc(C(NC(=O)c2ccc(-n3cncn3)cc2)c2nccn2C)cc1. The van der Waals surface area contributed by atoms with E-state index in [1.54, 1.807) is 36.4 Å². The number of nitrogens with zero attached hydrogens (tertiary/aromatic N) is 5. The molecule has 0 saturated carbocycles. The summed E-state index contributed by atoms with van der Waals surface area (Å²) in [5.74, 6) is 1.30. The van der Waals surface area contributed by atoms with E-state index >= 15 is 0 Å². The first-order valence-corrected chi connectivity index (χ1v) is 9.03. The Bertz CT molecular complexity index is 1090. The average molecular weight is 388 g/mol. The number of hydrogen-bond donors (Lipinski definition) is 1. The molecular formula is C21H20N6O2. The molecule has 2 aromatic carbocycles. The number of amides is 1. The van der Waals surface area contributed by atoms with Crippen molar-refractivity contribution in [3.63, 3.8) is 0 Å². The maximum Gasteiger partial charge on any atom is 0.252 e. The van der Waals surface area contributed by atoms with E-state index in [0.717, 1.165) is 22.8 Å². The Labute approximate surface area is 167 Å². The van der Waals surface area contributed by atoms with Gasteiger partial charge < -0.3 is 14.6 Å². The van der Waals surface area contributed by atoms with Crippen LogP contribution in [-0.4, -0.2) is 37.3 Å². The van der Waals surface area contributed by atoms with Gasteiger partial charge >= 0.3 is 0 Å². The summed E-state index contributed by atoms with van der Waals surface area (Å²) < 4.78 is 8.76. The minimum atomic E-state index is -0.400. The summed E-state index contributed by atoms with van der Waals surface area (Å²) in [6.45, 7) is 0. The number of rotatable bonds is 6. The molecule has 2 heterocycles. The molecule has 4 aromatic rings. The summed E-state index contributed by atoms with van der Waals surface area (Å²) in [5, 5.41) is 7.18. The van der Waals surface area contributed by atoms with E-state index in [2.05, 4.69) is 20.4 Å². The maximum atomic E-state index is 12.9. The number of imidazole rings is 1. The van der Waals surface area contributed by atoms with Gasteiger partial charge in [0.2, 0.25) is 0 Å². The Balaban J connectivity index is 1.60. The smallest absolute Gasteiger partial charge is 0.252 e. The lowest BCUT2D eigenvalue weighted by molar-refractivity contribution is 0.0941. The number of methoxy groups -OCH3 is 1. The molecule has 0 spiro atoms. The van der Waals surface area contributed by atoms with Crippen LogP contribution in [-0.2, 0) is 7.05 Å². The number of carbonyl (C=O) groups is 1. The van der Waals surface area contributed by atoms with Crippen molar-refractivity contribution in [1.29, 1.82) is 0 Å². The van der Waals surface area contributed by atoms with Gasteiger partial charge in [-0.2, -0.15) is 5.10 Å². The number of hydrogen-bond acceptors (Lipinski definition) is 5. The Morgan fingerprint density at radius 2 is 1.86 bits per heavy atom. The molecule has 0 aliphatic heterocycles. The van der Waals surface area contributed by atoms with Crippen molar-refractivity contribution in [3.05, 3.63) is 90.5 Å². The Morgan fingerprint density at radius 3 is 2.45 bits per heavy atom. The van der Waals surface area contributed by atoms with Crippen molar-refractivity contribution >= 4 is 5.91 Å². The fraction of sp³-hybridized carbons (Fsp3) is 0.143. The minimum Gasteiger partial charge on any atom is -0.497 e. The monoisotopic (exact) mass is 388 g/mol. The van der Waals surface area contributed by atoms with Gasteiger partial charge in [-0.05, 0) is 42.0 Å². The molecule has 0 aliphatic rings. The minimum absolute atomic E-state index is 0.195. The van der Waals surface area contributed by atoms with Crippen molar-refractivity contribution < 1.29 is 9.53 Å². The molecule has 1 N–H and O–H groups in total. The van der Waals surface area contributed by atoms with Crippen LogP contribution < -0.4 is 10.1 Å². The summed E-state index contributed by atoms with van der Waals surface area (Å²) in [5.41, 5.74) is 2.28. The molecule has 1 atom stereocenters. The molecule has 0 saturated heterocycles. The highest BCUT2D eigenvalue weighted by atomic mass is 16.5. The van der Waals surface area contributed by atoms with Gasteiger partial charge in [-0.15, -0.1) is 0 Å². The zero-order chi connectivity index (χ0) is 20.2. The number of aromatic nitrogens is 5. The number of ether oxygens (including phenoxy) is 1. The molecule has 8 nitrogen and oxygen atoms in total. The van der Waals surface area contributed by atoms with Crippen LogP contribution in [0.1, 0.15) is 27.8 Å². The summed E-state index contributed by atoms with van der Waals surface area (Å²) in [4.78, 5) is 21.3. The number of aryl methyl sites for hydroxylation is 1. The van der Waals surface area contributed by atoms with Crippen molar-refractivity contribution in [2.45, 2.75) is 6.04 Å². The van der Waals surface area contributed by atoms with Crippen LogP contribution in [0, 0.1) is 0 Å². The van der Waals surface area contributed by atoms with E-state index in [4.69, 9.17) is 4.74 Å². The van der Waals surface area contributed by atoms with Crippen LogP contribution >= 0.6 is 0 Å². The van der Waals surface area contributed by atoms with Gasteiger partial charge in [0.15, 0.2) is 0 Å². The predicted octanol–water partition coefficient (Wildman–Crippen LogP) is 2.53. The van der Waals surface area contributed by atoms with E-state index in [1.807, 2.05) is 54.2 Å². The quantitative estimate of drug-likeness (QED) is 0.548. The predicted molar refractivity (Wildman–Crippen MR) is 107 cm³/mol. The van der Waals surface area contributed by atoms with Crippen LogP contribution in [0.25, 0.3) is 5.69 Å². The van der Waals surface area contributed by atoms with Crippen LogP contribution in [0.3, 0.4) is 0 Å². The van der Waals surface area contributed by atoms with Gasteiger partial charge in [0.25, 0.3) is 5.91 Å². The van der Waals surface area contributed by atoms with Crippen molar-refractivity contribution in [3.8, 4) is 11.4 Å². The Morgan fingerprint density at radius 1 is 1.10 bits per heavy atom. The fourth-order valence-electron chi connectivity index (χ4n) is 3.07. The number of benzene rings is 2. The van der Waals surface area contributed by atoms with Gasteiger partial charge in [0.05, 0.1) is 12.8 Å². The van der Waals surface area contributed by atoms with Crippen LogP contribution in [0.2, 0.25) is 0 Å². The van der Waals surface area contributed by atoms with Gasteiger partial charge in [-0.25, -0.2) is 14.6 Å². The third-order valence-corrected chi connectivity index (χ3v) is 4.65. The molecule has 0 fully saturated rings. The molecule has 1 amide bonds. The molecule has 1 unspecified atom stereocenters. The van der Waals surface area contributed by atoms with E-state index in [1.165, 1.54) is 6.33 Å². The highest BCUT2D eigenvalue weighted by Gasteiger charge is 2.21. The second kappa shape index (κ2) is 7.97. The largest absolute Gasteiger partial charge is 0.497 e. The van der Waals surface area contributed by atoms with E-state index in [0.29, 0.717) is 5.56 Å². The molecule has 0 radical (unpaired) electrons. The van der Waals surface area contributed by atoms with E-state index in [-0.39, 0.29) is 5.91 Å². The van der Waals surface area contributed by atoms with Crippen LogP contribution in [0.4, 0.5) is 0 Å². The first-order valence-electron chi connectivity index (χ1n) is 9.03. The third kappa shape index (κ3) is 3.86. The standard InChI is InChI=1S/C21H20N6O2/c1-26-12-11-23-20(26)19(15-5-9-18(29-2)10-6-15)25-21(28)16-3-7-17(8-4-16)27-14-22-13-24-27/h3-14,19H,1-2H3,(H,25,28). The van der Waals surface area contributed by atoms with Crippen molar-refractivity contribution in [2.75, 3.05) is 7.11 Å². The highest BCUT2D eigenvalue weighted by molar-refractivity contribution is 5.94. The van der Waals surface area contributed by atoms with Gasteiger partial charge in [0.1, 0.15) is 30.3 Å². The molecule has 29 heavy (non-hydrogen) atoms. The van der Waals surface area contributed by atoms with Crippen LogP contribution in [0.15, 0.2) is 73.6 Å². The molecule has 4 rings (SSSR count). The van der Waals surface area contributed by atoms with Gasteiger partial charge in [-0.3, -0.25) is 4.79 Å². The molecule has 146 valence electrons. The lowest BCUT2D eigenvalue weighted by atomic mass is 10.0. The number of nitrogens with one attached hydrogen (secondary N) is 1. The lowest BCUT2D eigenvalue weighted by Gasteiger charge is -2.19. The summed E-state index contributed by atoms with van der Waals surface area (Å²) in [6, 6.07) is 14.3. The summed E-state index contributed by atoms with van der Waals surface area (Å²) >= 11 is 0. The normalized spacial score (nSPS) is 11.8. The van der Waals surface area contributed by atoms with Gasteiger partial charge in [0, 0.05) is 25.0 Å². The fourth-order valence-corrected chi connectivity index (χ4v) is 3.07. The second-order valence-electron chi connectivity index (χ2n) is 6.46. The highest BCUT2D eigenvalue weighted by Crippen LogP contribution is 2.23. The molecule has 2 aromatic heterocycles. The second-order valence-corrected chi connectivity index (χ2v) is 6.46. The Kier molecular flexibility index (Phi) is 5.07. The molecule has 0 aliphatic carbocycles. The summed E-state index contributed by atoms with van der Waals surface area (Å²) in [7, 11) is 3.52. The maximum absolute atomic E-state index is 12.9. The molecule has 8 heteroatoms. The molecule has 0 bridgehead atoms.